The van der Waals surface area contributed by atoms with Crippen LogP contribution >= 0.6 is 12.4 Å². The third kappa shape index (κ3) is 6.21. The van der Waals surface area contributed by atoms with Gasteiger partial charge in [0.05, 0.1) is 0 Å². The Balaban J connectivity index is 0.00000264. The molecule has 0 atom stereocenters. The summed E-state index contributed by atoms with van der Waals surface area (Å²) in [5.41, 5.74) is 0. The predicted molar refractivity (Wildman–Crippen MR) is 94.3 cm³/mol. The minimum Gasteiger partial charge on any atom is -0.342 e. The summed E-state index contributed by atoms with van der Waals surface area (Å²) < 4.78 is 25.7. The topological polar surface area (TPSA) is 69.7 Å². The van der Waals surface area contributed by atoms with Crippen molar-refractivity contribution >= 4 is 28.3 Å². The minimum absolute atomic E-state index is 0. The Morgan fingerprint density at radius 1 is 1.13 bits per heavy atom. The number of amides is 1. The van der Waals surface area contributed by atoms with Crippen molar-refractivity contribution in [2.24, 2.45) is 5.92 Å². The zero-order valence-electron chi connectivity index (χ0n) is 14.2. The Bertz CT molecular complexity index is 470. The van der Waals surface area contributed by atoms with Crippen LogP contribution in [0.2, 0.25) is 0 Å². The molecule has 1 heterocycles. The number of carbonyl (C=O) groups excluding carboxylic acids is 1. The smallest absolute Gasteiger partial charge is 0.239 e. The molecule has 0 aromatic heterocycles. The Labute approximate surface area is 146 Å². The van der Waals surface area contributed by atoms with Crippen LogP contribution in [-0.2, 0) is 14.8 Å². The van der Waals surface area contributed by atoms with Gasteiger partial charge < -0.3 is 10.2 Å². The standard InChI is InChI=1S/C15H29N3O3S.ClH/c1-3-18(4-2)22(20,21)12-15(19)17-9-7-14(8-10-17)16-11-13-5-6-13;/h13-14,16H,3-12H2,1-2H3;1H. The molecule has 0 aromatic rings. The summed E-state index contributed by atoms with van der Waals surface area (Å²) in [5.74, 6) is 0.209. The fourth-order valence-electron chi connectivity index (χ4n) is 2.94. The highest BCUT2D eigenvalue weighted by Crippen LogP contribution is 2.28. The highest BCUT2D eigenvalue weighted by Gasteiger charge is 2.29. The average molecular weight is 368 g/mol. The number of hydrogen-bond acceptors (Lipinski definition) is 4. The summed E-state index contributed by atoms with van der Waals surface area (Å²) in [6, 6.07) is 0.476. The van der Waals surface area contributed by atoms with Gasteiger partial charge in [0.25, 0.3) is 0 Å². The molecule has 1 N–H and O–H groups in total. The quantitative estimate of drug-likeness (QED) is 0.696. The molecule has 1 aliphatic carbocycles. The fraction of sp³-hybridized carbons (Fsp3) is 0.933. The summed E-state index contributed by atoms with van der Waals surface area (Å²) in [6.07, 6.45) is 4.52. The molecule has 1 saturated carbocycles. The third-order valence-corrected chi connectivity index (χ3v) is 6.56. The lowest BCUT2D eigenvalue weighted by Gasteiger charge is -2.33. The first kappa shape index (κ1) is 20.7. The average Bonchev–Trinajstić information content (AvgIpc) is 3.30. The van der Waals surface area contributed by atoms with Gasteiger partial charge in [0.1, 0.15) is 5.75 Å². The predicted octanol–water partition coefficient (Wildman–Crippen LogP) is 1.07. The molecule has 0 spiro atoms. The number of piperidine rings is 1. The lowest BCUT2D eigenvalue weighted by Crippen LogP contribution is -2.48. The van der Waals surface area contributed by atoms with E-state index in [0.717, 1.165) is 25.3 Å². The van der Waals surface area contributed by atoms with Crippen molar-refractivity contribution in [3.63, 3.8) is 0 Å². The van der Waals surface area contributed by atoms with E-state index < -0.39 is 15.8 Å². The van der Waals surface area contributed by atoms with Gasteiger partial charge in [0.2, 0.25) is 15.9 Å². The van der Waals surface area contributed by atoms with Gasteiger partial charge >= 0.3 is 0 Å². The molecule has 2 fully saturated rings. The van der Waals surface area contributed by atoms with Crippen LogP contribution in [0.1, 0.15) is 39.5 Å². The largest absolute Gasteiger partial charge is 0.342 e. The number of nitrogens with one attached hydrogen (secondary N) is 1. The maximum atomic E-state index is 12.2. The van der Waals surface area contributed by atoms with E-state index in [1.165, 1.54) is 17.1 Å². The van der Waals surface area contributed by atoms with Crippen LogP contribution in [0.25, 0.3) is 0 Å². The number of nitrogens with zero attached hydrogens (tertiary/aromatic N) is 2. The monoisotopic (exact) mass is 367 g/mol. The molecule has 1 saturated heterocycles. The molecule has 0 aromatic carbocycles. The van der Waals surface area contributed by atoms with Crippen molar-refractivity contribution in [3.05, 3.63) is 0 Å². The number of rotatable bonds is 8. The lowest BCUT2D eigenvalue weighted by atomic mass is 10.0. The lowest BCUT2D eigenvalue weighted by molar-refractivity contribution is -0.129. The Morgan fingerprint density at radius 2 is 1.70 bits per heavy atom. The van der Waals surface area contributed by atoms with Crippen molar-refractivity contribution < 1.29 is 13.2 Å². The minimum atomic E-state index is -3.47. The van der Waals surface area contributed by atoms with Crippen LogP contribution in [0.15, 0.2) is 0 Å². The molecule has 8 heteroatoms. The highest BCUT2D eigenvalue weighted by atomic mass is 35.5. The van der Waals surface area contributed by atoms with Crippen LogP contribution in [0.5, 0.6) is 0 Å². The summed E-state index contributed by atoms with van der Waals surface area (Å²) >= 11 is 0. The maximum absolute atomic E-state index is 12.2. The van der Waals surface area contributed by atoms with Gasteiger partial charge in [-0.3, -0.25) is 4.79 Å². The van der Waals surface area contributed by atoms with Crippen molar-refractivity contribution in [2.75, 3.05) is 38.5 Å². The van der Waals surface area contributed by atoms with E-state index in [2.05, 4.69) is 5.32 Å². The SMILES string of the molecule is CCN(CC)S(=O)(=O)CC(=O)N1CCC(NCC2CC2)CC1.Cl. The molecule has 0 radical (unpaired) electrons. The van der Waals surface area contributed by atoms with Crippen LogP contribution in [0, 0.1) is 5.92 Å². The van der Waals surface area contributed by atoms with E-state index in [1.807, 2.05) is 0 Å². The Kier molecular flexibility index (Phi) is 8.27. The zero-order chi connectivity index (χ0) is 16.2. The highest BCUT2D eigenvalue weighted by molar-refractivity contribution is 7.89. The molecular formula is C15H30ClN3O3S. The van der Waals surface area contributed by atoms with Gasteiger partial charge in [-0.25, -0.2) is 12.7 Å². The fourth-order valence-corrected chi connectivity index (χ4v) is 4.41. The number of carbonyl (C=O) groups is 1. The maximum Gasteiger partial charge on any atom is 0.239 e. The van der Waals surface area contributed by atoms with Gasteiger partial charge in [-0.1, -0.05) is 13.8 Å². The van der Waals surface area contributed by atoms with E-state index in [-0.39, 0.29) is 18.3 Å². The van der Waals surface area contributed by atoms with E-state index in [1.54, 1.807) is 18.7 Å². The van der Waals surface area contributed by atoms with Gasteiger partial charge in [-0.15, -0.1) is 12.4 Å². The van der Waals surface area contributed by atoms with Crippen LogP contribution in [0.4, 0.5) is 0 Å². The van der Waals surface area contributed by atoms with E-state index in [9.17, 15) is 13.2 Å². The van der Waals surface area contributed by atoms with Gasteiger partial charge in [0.15, 0.2) is 0 Å². The molecule has 136 valence electrons. The van der Waals surface area contributed by atoms with Crippen molar-refractivity contribution in [2.45, 2.75) is 45.6 Å². The number of likely N-dealkylation sites (tertiary alicyclic amines) is 1. The normalized spacial score (nSPS) is 19.7. The Hall–Kier alpha value is -0.370. The third-order valence-electron chi connectivity index (χ3n) is 4.64. The molecule has 1 amide bonds. The van der Waals surface area contributed by atoms with Crippen molar-refractivity contribution in [1.29, 1.82) is 0 Å². The van der Waals surface area contributed by atoms with Gasteiger partial charge in [0, 0.05) is 32.2 Å². The molecule has 0 bridgehead atoms. The molecule has 2 rings (SSSR count). The molecule has 23 heavy (non-hydrogen) atoms. The molecular weight excluding hydrogens is 338 g/mol. The summed E-state index contributed by atoms with van der Waals surface area (Å²) in [4.78, 5) is 13.9. The van der Waals surface area contributed by atoms with E-state index >= 15 is 0 Å². The van der Waals surface area contributed by atoms with Crippen LogP contribution in [0.3, 0.4) is 0 Å². The van der Waals surface area contributed by atoms with E-state index in [4.69, 9.17) is 0 Å². The number of sulfonamides is 1. The molecule has 2 aliphatic rings. The van der Waals surface area contributed by atoms with Crippen LogP contribution in [-0.4, -0.2) is 68.0 Å². The molecule has 6 nitrogen and oxygen atoms in total. The first-order valence-corrected chi connectivity index (χ1v) is 10.1. The van der Waals surface area contributed by atoms with Crippen molar-refractivity contribution in [1.82, 2.24) is 14.5 Å². The van der Waals surface area contributed by atoms with Crippen molar-refractivity contribution in [3.8, 4) is 0 Å². The number of hydrogen-bond donors (Lipinski definition) is 1. The summed E-state index contributed by atoms with van der Waals surface area (Å²) in [5, 5.41) is 3.56. The van der Waals surface area contributed by atoms with Gasteiger partial charge in [-0.05, 0) is 38.1 Å². The first-order chi connectivity index (χ1) is 10.5. The second kappa shape index (κ2) is 9.20. The van der Waals surface area contributed by atoms with Gasteiger partial charge in [-0.2, -0.15) is 0 Å². The van der Waals surface area contributed by atoms with E-state index in [0.29, 0.717) is 32.2 Å². The number of halogens is 1. The molecule has 0 unspecified atom stereocenters. The first-order valence-electron chi connectivity index (χ1n) is 8.45. The second-order valence-corrected chi connectivity index (χ2v) is 8.32. The summed E-state index contributed by atoms with van der Waals surface area (Å²) in [6.45, 7) is 6.84. The zero-order valence-corrected chi connectivity index (χ0v) is 15.8. The summed E-state index contributed by atoms with van der Waals surface area (Å²) in [7, 11) is -3.47. The Morgan fingerprint density at radius 3 is 2.17 bits per heavy atom. The van der Waals surface area contributed by atoms with Crippen LogP contribution < -0.4 is 5.32 Å². The second-order valence-electron chi connectivity index (χ2n) is 6.35. The molecule has 1 aliphatic heterocycles.